The second-order valence-electron chi connectivity index (χ2n) is 5.09. The Kier molecular flexibility index (Phi) is 4.49. The van der Waals surface area contributed by atoms with Gasteiger partial charge in [-0.05, 0) is 30.0 Å². The van der Waals surface area contributed by atoms with Crippen molar-refractivity contribution in [1.82, 2.24) is 25.6 Å². The average Bonchev–Trinajstić information content (AvgIpc) is 3.13. The molecule has 1 atom stereocenters. The molecule has 1 unspecified atom stereocenters. The van der Waals surface area contributed by atoms with Crippen LogP contribution < -0.4 is 10.6 Å². The molecule has 1 aliphatic rings. The van der Waals surface area contributed by atoms with Crippen LogP contribution >= 0.6 is 23.2 Å². The fraction of sp³-hybridized carbons (Fsp3) is 0.357. The van der Waals surface area contributed by atoms with Gasteiger partial charge in [0.05, 0.1) is 28.8 Å². The topological polar surface area (TPSA) is 71.8 Å². The van der Waals surface area contributed by atoms with Crippen molar-refractivity contribution in [3.05, 3.63) is 45.7 Å². The molecule has 1 aromatic carbocycles. The summed E-state index contributed by atoms with van der Waals surface area (Å²) in [6, 6.07) is 3.46. The van der Waals surface area contributed by atoms with Gasteiger partial charge in [0.2, 0.25) is 0 Å². The van der Waals surface area contributed by atoms with Gasteiger partial charge in [0.1, 0.15) is 0 Å². The molecule has 22 heavy (non-hydrogen) atoms. The SMILES string of the molecule is O=C(NCCn1ccnn1)NC1CCc2c1ccc(Cl)c2Cl. The van der Waals surface area contributed by atoms with Gasteiger partial charge < -0.3 is 10.6 Å². The number of amides is 2. The Morgan fingerprint density at radius 2 is 2.27 bits per heavy atom. The highest BCUT2D eigenvalue weighted by molar-refractivity contribution is 6.42. The standard InChI is InChI=1S/C14H15Cl2N5O/c15-11-3-1-9-10(13(11)16)2-4-12(9)19-14(22)17-5-7-21-8-6-18-20-21/h1,3,6,8,12H,2,4-5,7H2,(H2,17,19,22). The molecular weight excluding hydrogens is 325 g/mol. The summed E-state index contributed by atoms with van der Waals surface area (Å²) in [5.41, 5.74) is 2.07. The van der Waals surface area contributed by atoms with Gasteiger partial charge >= 0.3 is 6.03 Å². The molecule has 0 saturated carbocycles. The van der Waals surface area contributed by atoms with Crippen molar-refractivity contribution in [3.8, 4) is 0 Å². The van der Waals surface area contributed by atoms with E-state index in [2.05, 4.69) is 20.9 Å². The second kappa shape index (κ2) is 6.54. The summed E-state index contributed by atoms with van der Waals surface area (Å²) in [7, 11) is 0. The minimum Gasteiger partial charge on any atom is -0.336 e. The van der Waals surface area contributed by atoms with E-state index in [1.807, 2.05) is 6.07 Å². The number of nitrogens with one attached hydrogen (secondary N) is 2. The van der Waals surface area contributed by atoms with Crippen LogP contribution in [-0.4, -0.2) is 27.6 Å². The first-order chi connectivity index (χ1) is 10.6. The first kappa shape index (κ1) is 15.1. The lowest BCUT2D eigenvalue weighted by Gasteiger charge is -2.15. The molecule has 1 heterocycles. The van der Waals surface area contributed by atoms with Gasteiger partial charge in [-0.25, -0.2) is 4.79 Å². The lowest BCUT2D eigenvalue weighted by atomic mass is 10.1. The smallest absolute Gasteiger partial charge is 0.315 e. The second-order valence-corrected chi connectivity index (χ2v) is 5.87. The van der Waals surface area contributed by atoms with Gasteiger partial charge in [-0.15, -0.1) is 5.10 Å². The molecule has 0 saturated heterocycles. The number of carbonyl (C=O) groups is 1. The van der Waals surface area contributed by atoms with Crippen LogP contribution in [-0.2, 0) is 13.0 Å². The maximum Gasteiger partial charge on any atom is 0.315 e. The lowest BCUT2D eigenvalue weighted by Crippen LogP contribution is -2.38. The lowest BCUT2D eigenvalue weighted by molar-refractivity contribution is 0.236. The number of aromatic nitrogens is 3. The van der Waals surface area contributed by atoms with Gasteiger partial charge in [-0.1, -0.05) is 34.5 Å². The molecule has 6 nitrogen and oxygen atoms in total. The number of benzene rings is 1. The Bertz CT molecular complexity index is 674. The number of fused-ring (bicyclic) bond motifs is 1. The largest absolute Gasteiger partial charge is 0.336 e. The molecule has 116 valence electrons. The minimum atomic E-state index is -0.205. The van der Waals surface area contributed by atoms with Gasteiger partial charge in [0.15, 0.2) is 0 Å². The highest BCUT2D eigenvalue weighted by Gasteiger charge is 2.26. The number of hydrogen-bond donors (Lipinski definition) is 2. The van der Waals surface area contributed by atoms with Crippen LogP contribution in [0.1, 0.15) is 23.6 Å². The Morgan fingerprint density at radius 3 is 3.05 bits per heavy atom. The van der Waals surface area contributed by atoms with Crippen LogP contribution in [0.25, 0.3) is 0 Å². The maximum atomic E-state index is 12.0. The normalized spacial score (nSPS) is 16.4. The summed E-state index contributed by atoms with van der Waals surface area (Å²) in [6.07, 6.45) is 4.99. The predicted octanol–water partition coefficient (Wildman–Crippen LogP) is 2.57. The van der Waals surface area contributed by atoms with Gasteiger partial charge in [0.25, 0.3) is 0 Å². The monoisotopic (exact) mass is 339 g/mol. The molecular formula is C14H15Cl2N5O. The molecule has 2 amide bonds. The van der Waals surface area contributed by atoms with Crippen molar-refractivity contribution in [1.29, 1.82) is 0 Å². The highest BCUT2D eigenvalue weighted by atomic mass is 35.5. The predicted molar refractivity (Wildman–Crippen MR) is 84.1 cm³/mol. The van der Waals surface area contributed by atoms with Crippen molar-refractivity contribution >= 4 is 29.2 Å². The van der Waals surface area contributed by atoms with E-state index in [-0.39, 0.29) is 12.1 Å². The first-order valence-electron chi connectivity index (χ1n) is 7.00. The zero-order chi connectivity index (χ0) is 15.5. The van der Waals surface area contributed by atoms with E-state index in [9.17, 15) is 4.79 Å². The maximum absolute atomic E-state index is 12.0. The van der Waals surface area contributed by atoms with Gasteiger partial charge in [0, 0.05) is 12.7 Å². The molecule has 1 aliphatic carbocycles. The summed E-state index contributed by atoms with van der Waals surface area (Å²) in [5.74, 6) is 0. The number of rotatable bonds is 4. The van der Waals surface area contributed by atoms with E-state index in [0.29, 0.717) is 23.1 Å². The first-order valence-corrected chi connectivity index (χ1v) is 7.76. The molecule has 2 N–H and O–H groups in total. The molecule has 3 rings (SSSR count). The number of halogens is 2. The molecule has 0 aliphatic heterocycles. The van der Waals surface area contributed by atoms with Crippen molar-refractivity contribution in [2.45, 2.75) is 25.4 Å². The van der Waals surface area contributed by atoms with E-state index in [0.717, 1.165) is 24.0 Å². The van der Waals surface area contributed by atoms with Crippen LogP contribution in [0.2, 0.25) is 10.0 Å². The van der Waals surface area contributed by atoms with E-state index in [1.165, 1.54) is 0 Å². The van der Waals surface area contributed by atoms with Crippen molar-refractivity contribution in [2.75, 3.05) is 6.54 Å². The summed E-state index contributed by atoms with van der Waals surface area (Å²) >= 11 is 12.2. The van der Waals surface area contributed by atoms with Gasteiger partial charge in [-0.2, -0.15) is 0 Å². The van der Waals surface area contributed by atoms with Gasteiger partial charge in [-0.3, -0.25) is 4.68 Å². The molecule has 0 spiro atoms. The quantitative estimate of drug-likeness (QED) is 0.899. The van der Waals surface area contributed by atoms with Crippen molar-refractivity contribution in [3.63, 3.8) is 0 Å². The minimum absolute atomic E-state index is 0.0314. The third-order valence-electron chi connectivity index (χ3n) is 3.69. The van der Waals surface area contributed by atoms with Crippen LogP contribution in [0.15, 0.2) is 24.5 Å². The number of hydrogen-bond acceptors (Lipinski definition) is 3. The number of nitrogens with zero attached hydrogens (tertiary/aromatic N) is 3. The fourth-order valence-corrected chi connectivity index (χ4v) is 3.07. The summed E-state index contributed by atoms with van der Waals surface area (Å²) in [6.45, 7) is 1.06. The third-order valence-corrected chi connectivity index (χ3v) is 4.54. The Balaban J connectivity index is 1.54. The number of carbonyl (C=O) groups excluding carboxylic acids is 1. The summed E-state index contributed by atoms with van der Waals surface area (Å²) in [4.78, 5) is 12.0. The molecule has 0 radical (unpaired) electrons. The Hall–Kier alpha value is -1.79. The number of urea groups is 1. The Labute approximate surface area is 137 Å². The van der Waals surface area contributed by atoms with E-state index < -0.39 is 0 Å². The summed E-state index contributed by atoms with van der Waals surface area (Å²) < 4.78 is 1.66. The molecule has 0 fully saturated rings. The molecule has 0 bridgehead atoms. The third kappa shape index (κ3) is 3.18. The van der Waals surface area contributed by atoms with Crippen LogP contribution in [0.5, 0.6) is 0 Å². The average molecular weight is 340 g/mol. The van der Waals surface area contributed by atoms with Crippen molar-refractivity contribution < 1.29 is 4.79 Å². The summed E-state index contributed by atoms with van der Waals surface area (Å²) in [5, 5.41) is 14.5. The fourth-order valence-electron chi connectivity index (χ4n) is 2.63. The van der Waals surface area contributed by atoms with Crippen LogP contribution in [0.4, 0.5) is 4.79 Å². The molecule has 8 heteroatoms. The van der Waals surface area contributed by atoms with E-state index in [4.69, 9.17) is 23.2 Å². The molecule has 1 aromatic heterocycles. The van der Waals surface area contributed by atoms with E-state index in [1.54, 1.807) is 23.1 Å². The molecule has 2 aromatic rings. The zero-order valence-electron chi connectivity index (χ0n) is 11.7. The van der Waals surface area contributed by atoms with Crippen molar-refractivity contribution in [2.24, 2.45) is 0 Å². The van der Waals surface area contributed by atoms with Crippen LogP contribution in [0, 0.1) is 0 Å². The zero-order valence-corrected chi connectivity index (χ0v) is 13.2. The Morgan fingerprint density at radius 1 is 1.41 bits per heavy atom. The van der Waals surface area contributed by atoms with E-state index >= 15 is 0 Å². The highest BCUT2D eigenvalue weighted by Crippen LogP contribution is 2.38. The van der Waals surface area contributed by atoms with Crippen LogP contribution in [0.3, 0.4) is 0 Å².